The van der Waals surface area contributed by atoms with Crippen LogP contribution in [0, 0.1) is 17.6 Å². The number of halogens is 2. The molecule has 10 heteroatoms. The molecule has 1 aromatic carbocycles. The molecule has 0 amide bonds. The van der Waals surface area contributed by atoms with E-state index in [-0.39, 0.29) is 5.92 Å². The minimum Gasteiger partial charge on any atom is -0.312 e. The molecule has 1 aliphatic heterocycles. The summed E-state index contributed by atoms with van der Waals surface area (Å²) in [5.41, 5.74) is 0.704. The van der Waals surface area contributed by atoms with Crippen LogP contribution in [-0.4, -0.2) is 47.4 Å². The molecular formula is C18H25F2N5O2S. The topological polar surface area (TPSA) is 80.1 Å². The van der Waals surface area contributed by atoms with Crippen LogP contribution in [-0.2, 0) is 29.5 Å². The summed E-state index contributed by atoms with van der Waals surface area (Å²) in [5, 5.41) is 8.51. The predicted octanol–water partition coefficient (Wildman–Crippen LogP) is 1.86. The Morgan fingerprint density at radius 3 is 2.54 bits per heavy atom. The smallest absolute Gasteiger partial charge is 0.209 e. The number of sulfonamides is 1. The summed E-state index contributed by atoms with van der Waals surface area (Å²) < 4.78 is 54.7. The number of hydrogen-bond acceptors (Lipinski definition) is 5. The van der Waals surface area contributed by atoms with Gasteiger partial charge in [-0.1, -0.05) is 19.9 Å². The minimum absolute atomic E-state index is 0.00423. The van der Waals surface area contributed by atoms with Crippen LogP contribution in [0.15, 0.2) is 18.2 Å². The van der Waals surface area contributed by atoms with Gasteiger partial charge in [0.1, 0.15) is 5.82 Å². The lowest BCUT2D eigenvalue weighted by atomic mass is 10.1. The second-order valence-electron chi connectivity index (χ2n) is 7.51. The minimum atomic E-state index is -3.40. The molecule has 0 bridgehead atoms. The lowest BCUT2D eigenvalue weighted by Crippen LogP contribution is -2.33. The van der Waals surface area contributed by atoms with Gasteiger partial charge in [0.05, 0.1) is 12.3 Å². The zero-order valence-corrected chi connectivity index (χ0v) is 17.0. The van der Waals surface area contributed by atoms with E-state index in [9.17, 15) is 17.2 Å². The fourth-order valence-electron chi connectivity index (χ4n) is 3.39. The van der Waals surface area contributed by atoms with Crippen molar-refractivity contribution in [3.63, 3.8) is 0 Å². The zero-order chi connectivity index (χ0) is 20.5. The molecule has 7 nitrogen and oxygen atoms in total. The Hall–Kier alpha value is -1.91. The van der Waals surface area contributed by atoms with Gasteiger partial charge >= 0.3 is 0 Å². The second kappa shape index (κ2) is 8.22. The Balaban J connectivity index is 1.76. The van der Waals surface area contributed by atoms with E-state index in [0.29, 0.717) is 44.0 Å². The Bertz CT molecular complexity index is 945. The maximum atomic E-state index is 13.5. The molecule has 0 aliphatic carbocycles. The molecule has 1 N–H and O–H groups in total. The molecule has 0 radical (unpaired) electrons. The van der Waals surface area contributed by atoms with Crippen LogP contribution in [0.2, 0.25) is 0 Å². The SMILES string of the molecule is CC(C)[C@@H](NS(C)(=O)=O)c1nnc2n1CCN(Cc1ccc(F)c(F)c1)CC2. The molecule has 3 rings (SSSR count). The van der Waals surface area contributed by atoms with Gasteiger partial charge in [-0.2, -0.15) is 0 Å². The van der Waals surface area contributed by atoms with Crippen molar-refractivity contribution in [3.05, 3.63) is 47.0 Å². The van der Waals surface area contributed by atoms with Gasteiger partial charge in [-0.05, 0) is 23.6 Å². The Kier molecular flexibility index (Phi) is 6.11. The summed E-state index contributed by atoms with van der Waals surface area (Å²) in [6, 6.07) is 3.48. The van der Waals surface area contributed by atoms with E-state index in [1.165, 1.54) is 6.07 Å². The molecule has 154 valence electrons. The molecule has 1 aliphatic rings. The average Bonchev–Trinajstić information content (AvgIpc) is 2.89. The van der Waals surface area contributed by atoms with Crippen LogP contribution in [0.3, 0.4) is 0 Å². The van der Waals surface area contributed by atoms with Crippen LogP contribution >= 0.6 is 0 Å². The molecule has 2 heterocycles. The number of hydrogen-bond donors (Lipinski definition) is 1. The fourth-order valence-corrected chi connectivity index (χ4v) is 4.23. The van der Waals surface area contributed by atoms with Crippen molar-refractivity contribution >= 4 is 10.0 Å². The van der Waals surface area contributed by atoms with Crippen LogP contribution < -0.4 is 4.72 Å². The lowest BCUT2D eigenvalue weighted by molar-refractivity contribution is 0.268. The molecule has 2 aromatic rings. The highest BCUT2D eigenvalue weighted by molar-refractivity contribution is 7.88. The average molecular weight is 413 g/mol. The van der Waals surface area contributed by atoms with E-state index in [1.54, 1.807) is 6.07 Å². The van der Waals surface area contributed by atoms with Crippen molar-refractivity contribution in [1.82, 2.24) is 24.4 Å². The molecule has 1 atom stereocenters. The molecule has 0 saturated carbocycles. The summed E-state index contributed by atoms with van der Waals surface area (Å²) in [4.78, 5) is 2.14. The summed E-state index contributed by atoms with van der Waals surface area (Å²) in [5.74, 6) is -0.301. The van der Waals surface area contributed by atoms with Gasteiger partial charge in [0.15, 0.2) is 17.5 Å². The number of benzene rings is 1. The van der Waals surface area contributed by atoms with Gasteiger partial charge in [0.25, 0.3) is 0 Å². The first-order valence-corrected chi connectivity index (χ1v) is 11.1. The Labute approximate surface area is 163 Å². The summed E-state index contributed by atoms with van der Waals surface area (Å²) in [6.45, 7) is 6.31. The van der Waals surface area contributed by atoms with Gasteiger partial charge in [0, 0.05) is 32.6 Å². The van der Waals surface area contributed by atoms with Gasteiger partial charge in [-0.25, -0.2) is 21.9 Å². The summed E-state index contributed by atoms with van der Waals surface area (Å²) in [7, 11) is -3.40. The lowest BCUT2D eigenvalue weighted by Gasteiger charge is -2.22. The van der Waals surface area contributed by atoms with Crippen molar-refractivity contribution in [2.45, 2.75) is 39.4 Å². The van der Waals surface area contributed by atoms with Gasteiger partial charge in [-0.3, -0.25) is 4.90 Å². The molecule has 1 aromatic heterocycles. The van der Waals surface area contributed by atoms with E-state index >= 15 is 0 Å². The molecule has 0 fully saturated rings. The van der Waals surface area contributed by atoms with Gasteiger partial charge in [0.2, 0.25) is 10.0 Å². The normalized spacial score (nSPS) is 16.8. The largest absolute Gasteiger partial charge is 0.312 e. The Morgan fingerprint density at radius 1 is 1.14 bits per heavy atom. The fraction of sp³-hybridized carbons (Fsp3) is 0.556. The van der Waals surface area contributed by atoms with Crippen LogP contribution in [0.25, 0.3) is 0 Å². The van der Waals surface area contributed by atoms with Gasteiger partial charge in [-0.15, -0.1) is 10.2 Å². The maximum Gasteiger partial charge on any atom is 0.209 e. The van der Waals surface area contributed by atoms with Crippen molar-refractivity contribution in [1.29, 1.82) is 0 Å². The van der Waals surface area contributed by atoms with Crippen LogP contribution in [0.4, 0.5) is 8.78 Å². The third-order valence-corrected chi connectivity index (χ3v) is 5.51. The third-order valence-electron chi connectivity index (χ3n) is 4.82. The van der Waals surface area contributed by atoms with Crippen molar-refractivity contribution in [3.8, 4) is 0 Å². The summed E-state index contributed by atoms with van der Waals surface area (Å²) >= 11 is 0. The predicted molar refractivity (Wildman–Crippen MR) is 101 cm³/mol. The number of aromatic nitrogens is 3. The van der Waals surface area contributed by atoms with Crippen molar-refractivity contribution < 1.29 is 17.2 Å². The van der Waals surface area contributed by atoms with E-state index in [0.717, 1.165) is 18.1 Å². The second-order valence-corrected chi connectivity index (χ2v) is 9.29. The molecule has 28 heavy (non-hydrogen) atoms. The van der Waals surface area contributed by atoms with E-state index in [1.807, 2.05) is 18.4 Å². The Morgan fingerprint density at radius 2 is 1.89 bits per heavy atom. The number of nitrogens with zero attached hydrogens (tertiary/aromatic N) is 4. The number of fused-ring (bicyclic) bond motifs is 1. The van der Waals surface area contributed by atoms with E-state index < -0.39 is 27.7 Å². The van der Waals surface area contributed by atoms with Crippen molar-refractivity contribution in [2.24, 2.45) is 5.92 Å². The van der Waals surface area contributed by atoms with E-state index in [4.69, 9.17) is 0 Å². The first-order valence-electron chi connectivity index (χ1n) is 9.19. The highest BCUT2D eigenvalue weighted by Crippen LogP contribution is 2.23. The molecule has 0 saturated heterocycles. The third kappa shape index (κ3) is 4.92. The quantitative estimate of drug-likeness (QED) is 0.782. The van der Waals surface area contributed by atoms with E-state index in [2.05, 4.69) is 19.8 Å². The standard InChI is InChI=1S/C18H25F2N5O2S/c1-12(2)17(23-28(3,26)27)18-22-21-16-6-7-24(8-9-25(16)18)11-13-4-5-14(19)15(20)10-13/h4-5,10,12,17,23H,6-9,11H2,1-3H3/t17-/m1/s1. The highest BCUT2D eigenvalue weighted by Gasteiger charge is 2.28. The first-order chi connectivity index (χ1) is 13.1. The maximum absolute atomic E-state index is 13.5. The van der Waals surface area contributed by atoms with Crippen molar-refractivity contribution in [2.75, 3.05) is 19.3 Å². The molecular weight excluding hydrogens is 388 g/mol. The molecule has 0 spiro atoms. The van der Waals surface area contributed by atoms with Crippen LogP contribution in [0.1, 0.15) is 37.1 Å². The zero-order valence-electron chi connectivity index (χ0n) is 16.2. The monoisotopic (exact) mass is 413 g/mol. The van der Waals surface area contributed by atoms with Gasteiger partial charge < -0.3 is 4.57 Å². The molecule has 0 unspecified atom stereocenters. The van der Waals surface area contributed by atoms with Crippen LogP contribution in [0.5, 0.6) is 0 Å². The number of rotatable bonds is 6. The number of nitrogens with one attached hydrogen (secondary N) is 1. The summed E-state index contributed by atoms with van der Waals surface area (Å²) in [6.07, 6.45) is 1.77. The highest BCUT2D eigenvalue weighted by atomic mass is 32.2. The first kappa shape index (κ1) is 20.8.